The van der Waals surface area contributed by atoms with Gasteiger partial charge in [0, 0.05) is 17.2 Å². The van der Waals surface area contributed by atoms with Crippen LogP contribution in [0.2, 0.25) is 10.0 Å². The first-order valence-corrected chi connectivity index (χ1v) is 6.99. The van der Waals surface area contributed by atoms with Crippen LogP contribution in [-0.2, 0) is 8.98 Å². The minimum absolute atomic E-state index is 0.0163. The lowest BCUT2D eigenvalue weighted by molar-refractivity contribution is -0.165. The summed E-state index contributed by atoms with van der Waals surface area (Å²) in [5.74, 6) is -3.74. The van der Waals surface area contributed by atoms with Crippen molar-refractivity contribution < 1.29 is 18.1 Å². The van der Waals surface area contributed by atoms with Crippen LogP contribution < -0.4 is 4.74 Å². The van der Waals surface area contributed by atoms with Gasteiger partial charge in [0.2, 0.25) is 0 Å². The normalized spacial score (nSPS) is 14.1. The van der Waals surface area contributed by atoms with E-state index in [0.717, 1.165) is 19.0 Å². The van der Waals surface area contributed by atoms with Gasteiger partial charge in [-0.3, -0.25) is 0 Å². The van der Waals surface area contributed by atoms with Gasteiger partial charge in [0.25, 0.3) is 0 Å². The molecule has 0 saturated carbocycles. The molecular weight excluding hydrogens is 314 g/mol. The van der Waals surface area contributed by atoms with Gasteiger partial charge in [0.05, 0.1) is 17.1 Å². The number of rotatable bonds is 5. The summed E-state index contributed by atoms with van der Waals surface area (Å²) >= 11 is 12.4. The van der Waals surface area contributed by atoms with E-state index in [1.165, 1.54) is 18.2 Å². The first-order chi connectivity index (χ1) is 8.72. The van der Waals surface area contributed by atoms with E-state index in [-0.39, 0.29) is 16.0 Å². The number of carbonyl (C=O) groups excluding carboxylic acids is 1. The molecule has 1 atom stereocenters. The van der Waals surface area contributed by atoms with Crippen molar-refractivity contribution >= 4 is 41.2 Å². The van der Waals surface area contributed by atoms with Crippen LogP contribution in [0.4, 0.5) is 4.39 Å². The van der Waals surface area contributed by atoms with E-state index in [4.69, 9.17) is 32.1 Å². The smallest absolute Gasteiger partial charge is 0.396 e. The van der Waals surface area contributed by atoms with E-state index in [9.17, 15) is 9.18 Å². The van der Waals surface area contributed by atoms with Crippen molar-refractivity contribution in [2.24, 2.45) is 0 Å². The molecule has 1 rings (SSSR count). The van der Waals surface area contributed by atoms with Gasteiger partial charge in [-0.2, -0.15) is 4.39 Å². The van der Waals surface area contributed by atoms with E-state index in [0.29, 0.717) is 5.02 Å². The Hall–Kier alpha value is -0.650. The molecule has 1 aromatic carbocycles. The van der Waals surface area contributed by atoms with Crippen molar-refractivity contribution in [1.29, 1.82) is 0 Å². The fourth-order valence-electron chi connectivity index (χ4n) is 1.02. The molecule has 0 amide bonds. The first-order valence-electron chi connectivity index (χ1n) is 5.43. The van der Waals surface area contributed by atoms with Crippen LogP contribution in [-0.4, -0.2) is 17.1 Å². The molecule has 1 aromatic rings. The van der Waals surface area contributed by atoms with Crippen LogP contribution in [0.3, 0.4) is 0 Å². The summed E-state index contributed by atoms with van der Waals surface area (Å²) in [6.07, 6.45) is 0. The average Bonchev–Trinajstić information content (AvgIpc) is 2.29. The maximum atomic E-state index is 14.1. The summed E-state index contributed by atoms with van der Waals surface area (Å²) in [6, 6.07) is 4.25. The van der Waals surface area contributed by atoms with E-state index in [1.54, 1.807) is 0 Å². The molecule has 7 heteroatoms. The number of alkyl halides is 1. The molecule has 3 nitrogen and oxygen atoms in total. The monoisotopic (exact) mass is 326 g/mol. The quantitative estimate of drug-likeness (QED) is 0.737. The van der Waals surface area contributed by atoms with E-state index < -0.39 is 11.8 Å². The third kappa shape index (κ3) is 5.09. The standard InChI is InChI=1S/C12H13Cl2FO3S/c1-7(2)19-18-11(16)12(3,15)17-10-5-4-8(13)6-9(10)14/h4-7H,1-3H3. The fraction of sp³-hybridized carbons (Fsp3) is 0.417. The molecule has 1 unspecified atom stereocenters. The topological polar surface area (TPSA) is 35.5 Å². The number of hydrogen-bond donors (Lipinski definition) is 0. The number of ether oxygens (including phenoxy) is 1. The molecule has 0 aromatic heterocycles. The molecule has 106 valence electrons. The SMILES string of the molecule is CC(C)SOC(=O)C(C)(F)Oc1ccc(Cl)cc1Cl. The molecule has 0 bridgehead atoms. The Morgan fingerprint density at radius 3 is 2.58 bits per heavy atom. The highest BCUT2D eigenvalue weighted by Gasteiger charge is 2.38. The zero-order valence-electron chi connectivity index (χ0n) is 10.6. The van der Waals surface area contributed by atoms with Gasteiger partial charge in [0.15, 0.2) is 0 Å². The van der Waals surface area contributed by atoms with Gasteiger partial charge in [-0.1, -0.05) is 37.0 Å². The van der Waals surface area contributed by atoms with Crippen LogP contribution in [0.25, 0.3) is 0 Å². The largest absolute Gasteiger partial charge is 0.447 e. The van der Waals surface area contributed by atoms with Gasteiger partial charge in [0.1, 0.15) is 5.75 Å². The maximum Gasteiger partial charge on any atom is 0.396 e. The molecule has 0 aliphatic rings. The Kier molecular flexibility index (Phi) is 5.77. The van der Waals surface area contributed by atoms with Crippen LogP contribution in [0.15, 0.2) is 18.2 Å². The number of carbonyl (C=O) groups is 1. The minimum Gasteiger partial charge on any atom is -0.447 e. The number of halogens is 3. The Labute approximate surface area is 125 Å². The summed E-state index contributed by atoms with van der Waals surface area (Å²) in [5, 5.41) is 0.524. The third-order valence-corrected chi connectivity index (χ3v) is 3.04. The van der Waals surface area contributed by atoms with Crippen LogP contribution in [0.1, 0.15) is 20.8 Å². The van der Waals surface area contributed by atoms with Gasteiger partial charge in [-0.15, -0.1) is 0 Å². The summed E-state index contributed by atoms with van der Waals surface area (Å²) < 4.78 is 23.7. The summed E-state index contributed by atoms with van der Waals surface area (Å²) in [7, 11) is 0. The summed E-state index contributed by atoms with van der Waals surface area (Å²) in [5.41, 5.74) is 0. The third-order valence-electron chi connectivity index (χ3n) is 1.88. The van der Waals surface area contributed by atoms with Gasteiger partial charge >= 0.3 is 11.8 Å². The second-order valence-corrected chi connectivity index (χ2v) is 6.25. The Bertz CT molecular complexity index is 466. The Morgan fingerprint density at radius 2 is 2.05 bits per heavy atom. The highest BCUT2D eigenvalue weighted by atomic mass is 35.5. The van der Waals surface area contributed by atoms with E-state index >= 15 is 0 Å². The van der Waals surface area contributed by atoms with Gasteiger partial charge in [-0.05, 0) is 18.2 Å². The Morgan fingerprint density at radius 1 is 1.42 bits per heavy atom. The van der Waals surface area contributed by atoms with Crippen molar-refractivity contribution in [2.75, 3.05) is 0 Å². The zero-order valence-corrected chi connectivity index (χ0v) is 12.9. The van der Waals surface area contributed by atoms with E-state index in [1.807, 2.05) is 13.8 Å². The molecule has 0 aliphatic carbocycles. The van der Waals surface area contributed by atoms with Crippen molar-refractivity contribution in [3.63, 3.8) is 0 Å². The van der Waals surface area contributed by atoms with Crippen molar-refractivity contribution in [3.05, 3.63) is 28.2 Å². The molecule has 0 spiro atoms. The van der Waals surface area contributed by atoms with Crippen molar-refractivity contribution in [2.45, 2.75) is 31.9 Å². The number of benzene rings is 1. The highest BCUT2D eigenvalue weighted by molar-refractivity contribution is 7.95. The lowest BCUT2D eigenvalue weighted by atomic mass is 10.3. The molecule has 0 heterocycles. The van der Waals surface area contributed by atoms with E-state index in [2.05, 4.69) is 0 Å². The summed E-state index contributed by atoms with van der Waals surface area (Å²) in [6.45, 7) is 4.58. The zero-order chi connectivity index (χ0) is 14.6. The highest BCUT2D eigenvalue weighted by Crippen LogP contribution is 2.32. The molecular formula is C12H13Cl2FO3S. The molecule has 0 N–H and O–H groups in total. The minimum atomic E-state index is -2.63. The van der Waals surface area contributed by atoms with Crippen molar-refractivity contribution in [3.8, 4) is 5.75 Å². The Balaban J connectivity index is 2.75. The number of hydrogen-bond acceptors (Lipinski definition) is 4. The lowest BCUT2D eigenvalue weighted by Gasteiger charge is -2.20. The first kappa shape index (κ1) is 16.4. The predicted molar refractivity (Wildman–Crippen MR) is 75.4 cm³/mol. The van der Waals surface area contributed by atoms with Crippen molar-refractivity contribution in [1.82, 2.24) is 0 Å². The molecule has 0 saturated heterocycles. The summed E-state index contributed by atoms with van der Waals surface area (Å²) in [4.78, 5) is 11.5. The fourth-order valence-corrected chi connectivity index (χ4v) is 1.90. The van der Waals surface area contributed by atoms with Gasteiger partial charge < -0.3 is 8.92 Å². The van der Waals surface area contributed by atoms with Crippen LogP contribution in [0.5, 0.6) is 5.75 Å². The lowest BCUT2D eigenvalue weighted by Crippen LogP contribution is -2.37. The second-order valence-electron chi connectivity index (χ2n) is 4.11. The second kappa shape index (κ2) is 6.68. The molecule has 19 heavy (non-hydrogen) atoms. The van der Waals surface area contributed by atoms with Crippen LogP contribution >= 0.6 is 35.2 Å². The average molecular weight is 327 g/mol. The molecule has 0 fully saturated rings. The predicted octanol–water partition coefficient (Wildman–Crippen LogP) is 4.66. The molecule has 0 aliphatic heterocycles. The van der Waals surface area contributed by atoms with Crippen LogP contribution in [0, 0.1) is 0 Å². The maximum absolute atomic E-state index is 14.1. The van der Waals surface area contributed by atoms with Gasteiger partial charge in [-0.25, -0.2) is 4.79 Å². The molecule has 0 radical (unpaired) electrons.